The maximum Gasteiger partial charge on any atom is 0.264 e. The number of amides is 1. The molecule has 0 fully saturated rings. The molecule has 0 radical (unpaired) electrons. The summed E-state index contributed by atoms with van der Waals surface area (Å²) in [5.74, 6) is -0.0384. The van der Waals surface area contributed by atoms with Gasteiger partial charge < -0.3 is 9.88 Å². The minimum atomic E-state index is -0.0384. The van der Waals surface area contributed by atoms with Crippen molar-refractivity contribution in [1.82, 2.24) is 14.9 Å². The third-order valence-electron chi connectivity index (χ3n) is 4.28. The van der Waals surface area contributed by atoms with Crippen molar-refractivity contribution in [3.8, 4) is 5.69 Å². The Morgan fingerprint density at radius 2 is 2.08 bits per heavy atom. The Bertz CT molecular complexity index is 1000. The lowest BCUT2D eigenvalue weighted by Crippen LogP contribution is -2.28. The summed E-state index contributed by atoms with van der Waals surface area (Å²) in [6, 6.07) is 12.0. The number of thiophene rings is 2. The van der Waals surface area contributed by atoms with Gasteiger partial charge in [0.1, 0.15) is 9.71 Å². The lowest BCUT2D eigenvalue weighted by atomic mass is 10.1. The van der Waals surface area contributed by atoms with E-state index in [1.165, 1.54) is 16.2 Å². The number of hydrogen-bond donors (Lipinski definition) is 1. The molecule has 26 heavy (non-hydrogen) atoms. The summed E-state index contributed by atoms with van der Waals surface area (Å²) >= 11 is 3.13. The SMILES string of the molecule is CCCC(NC(=O)c1sc2ncccc2c1-n1cccc1)c1cccs1. The maximum absolute atomic E-state index is 13.2. The first-order valence-corrected chi connectivity index (χ1v) is 10.3. The maximum atomic E-state index is 13.2. The molecule has 0 aliphatic carbocycles. The van der Waals surface area contributed by atoms with Gasteiger partial charge in [-0.15, -0.1) is 22.7 Å². The molecule has 4 aromatic heterocycles. The number of aromatic nitrogens is 2. The van der Waals surface area contributed by atoms with Crippen molar-refractivity contribution < 1.29 is 4.79 Å². The summed E-state index contributed by atoms with van der Waals surface area (Å²) < 4.78 is 2.00. The van der Waals surface area contributed by atoms with Gasteiger partial charge in [-0.05, 0) is 42.1 Å². The number of nitrogens with zero attached hydrogens (tertiary/aromatic N) is 2. The minimum Gasteiger partial charge on any atom is -0.344 e. The molecule has 1 amide bonds. The molecule has 1 unspecified atom stereocenters. The molecule has 132 valence electrons. The van der Waals surface area contributed by atoms with Crippen molar-refractivity contribution in [3.05, 3.63) is 70.1 Å². The molecular formula is C20H19N3OS2. The predicted octanol–water partition coefficient (Wildman–Crippen LogP) is 5.42. The molecule has 0 saturated carbocycles. The second kappa shape index (κ2) is 7.43. The number of rotatable bonds is 6. The fourth-order valence-electron chi connectivity index (χ4n) is 3.10. The van der Waals surface area contributed by atoms with Crippen LogP contribution in [0.4, 0.5) is 0 Å². The van der Waals surface area contributed by atoms with Crippen molar-refractivity contribution in [2.75, 3.05) is 0 Å². The second-order valence-electron chi connectivity index (χ2n) is 6.06. The van der Waals surface area contributed by atoms with Crippen LogP contribution in [0.15, 0.2) is 60.4 Å². The third-order valence-corrected chi connectivity index (χ3v) is 6.37. The average Bonchev–Trinajstić information content (AvgIpc) is 3.40. The van der Waals surface area contributed by atoms with E-state index in [9.17, 15) is 4.79 Å². The van der Waals surface area contributed by atoms with Crippen molar-refractivity contribution in [2.24, 2.45) is 0 Å². The van der Waals surface area contributed by atoms with Crippen LogP contribution in [0.5, 0.6) is 0 Å². The summed E-state index contributed by atoms with van der Waals surface area (Å²) in [7, 11) is 0. The molecule has 4 rings (SSSR count). The molecule has 4 nitrogen and oxygen atoms in total. The molecule has 0 spiro atoms. The predicted molar refractivity (Wildman–Crippen MR) is 108 cm³/mol. The summed E-state index contributed by atoms with van der Waals surface area (Å²) in [4.78, 5) is 20.4. The molecule has 6 heteroatoms. The summed E-state index contributed by atoms with van der Waals surface area (Å²) in [6.07, 6.45) is 7.64. The molecule has 0 aliphatic heterocycles. The van der Waals surface area contributed by atoms with Crippen molar-refractivity contribution >= 4 is 38.8 Å². The van der Waals surface area contributed by atoms with E-state index in [0.717, 1.165) is 28.7 Å². The van der Waals surface area contributed by atoms with Gasteiger partial charge in [-0.1, -0.05) is 19.4 Å². The van der Waals surface area contributed by atoms with Gasteiger partial charge in [0, 0.05) is 28.9 Å². The monoisotopic (exact) mass is 381 g/mol. The standard InChI is InChI=1S/C20H19N3OS2/c1-2-7-15(16-9-6-13-25-16)22-19(24)18-17(23-11-3-4-12-23)14-8-5-10-21-20(14)26-18/h3-6,8-13,15H,2,7H2,1H3,(H,22,24). The van der Waals surface area contributed by atoms with E-state index in [1.54, 1.807) is 17.5 Å². The molecule has 4 aromatic rings. The van der Waals surface area contributed by atoms with Crippen LogP contribution in [-0.4, -0.2) is 15.5 Å². The van der Waals surface area contributed by atoms with Crippen LogP contribution in [0.1, 0.15) is 40.4 Å². The Morgan fingerprint density at radius 1 is 1.23 bits per heavy atom. The van der Waals surface area contributed by atoms with Gasteiger partial charge in [-0.25, -0.2) is 4.98 Å². The normalized spacial score (nSPS) is 12.3. The van der Waals surface area contributed by atoms with Gasteiger partial charge in [0.15, 0.2) is 0 Å². The quantitative estimate of drug-likeness (QED) is 0.485. The van der Waals surface area contributed by atoms with Gasteiger partial charge in [-0.2, -0.15) is 0 Å². The zero-order valence-electron chi connectivity index (χ0n) is 14.4. The number of fused-ring (bicyclic) bond motifs is 1. The van der Waals surface area contributed by atoms with E-state index in [-0.39, 0.29) is 11.9 Å². The van der Waals surface area contributed by atoms with Crippen LogP contribution in [0.25, 0.3) is 15.9 Å². The molecule has 1 N–H and O–H groups in total. The van der Waals surface area contributed by atoms with Crippen LogP contribution in [-0.2, 0) is 0 Å². The van der Waals surface area contributed by atoms with E-state index >= 15 is 0 Å². The fraction of sp³-hybridized carbons (Fsp3) is 0.200. The highest BCUT2D eigenvalue weighted by Crippen LogP contribution is 2.34. The molecule has 1 atom stereocenters. The largest absolute Gasteiger partial charge is 0.344 e. The third kappa shape index (κ3) is 3.18. The number of hydrogen-bond acceptors (Lipinski definition) is 4. The van der Waals surface area contributed by atoms with Gasteiger partial charge >= 0.3 is 0 Å². The molecule has 0 saturated heterocycles. The van der Waals surface area contributed by atoms with Crippen LogP contribution in [0, 0.1) is 0 Å². The van der Waals surface area contributed by atoms with Crippen molar-refractivity contribution in [3.63, 3.8) is 0 Å². The van der Waals surface area contributed by atoms with Crippen molar-refractivity contribution in [1.29, 1.82) is 0 Å². The first-order valence-electron chi connectivity index (χ1n) is 8.63. The van der Waals surface area contributed by atoms with Crippen LogP contribution in [0.2, 0.25) is 0 Å². The molecular weight excluding hydrogens is 362 g/mol. The fourth-order valence-corrected chi connectivity index (χ4v) is 4.96. The van der Waals surface area contributed by atoms with Crippen LogP contribution < -0.4 is 5.32 Å². The molecule has 4 heterocycles. The molecule has 0 aliphatic rings. The van der Waals surface area contributed by atoms with Gasteiger partial charge in [0.25, 0.3) is 5.91 Å². The first kappa shape index (κ1) is 17.0. The van der Waals surface area contributed by atoms with Gasteiger partial charge in [0.2, 0.25) is 0 Å². The van der Waals surface area contributed by atoms with Gasteiger partial charge in [0.05, 0.1) is 11.7 Å². The summed E-state index contributed by atoms with van der Waals surface area (Å²) in [5.41, 5.74) is 0.905. The van der Waals surface area contributed by atoms with Crippen LogP contribution in [0.3, 0.4) is 0 Å². The molecule has 0 aromatic carbocycles. The van der Waals surface area contributed by atoms with Crippen molar-refractivity contribution in [2.45, 2.75) is 25.8 Å². The van der Waals surface area contributed by atoms with E-state index in [2.05, 4.69) is 28.7 Å². The van der Waals surface area contributed by atoms with E-state index in [0.29, 0.717) is 4.88 Å². The Morgan fingerprint density at radius 3 is 2.81 bits per heavy atom. The smallest absolute Gasteiger partial charge is 0.264 e. The van der Waals surface area contributed by atoms with Crippen LogP contribution >= 0.6 is 22.7 Å². The highest BCUT2D eigenvalue weighted by Gasteiger charge is 2.23. The molecule has 0 bridgehead atoms. The Balaban J connectivity index is 1.74. The minimum absolute atomic E-state index is 0.0384. The number of nitrogens with one attached hydrogen (secondary N) is 1. The second-order valence-corrected chi connectivity index (χ2v) is 8.03. The van der Waals surface area contributed by atoms with E-state index < -0.39 is 0 Å². The Kier molecular flexibility index (Phi) is 4.86. The lowest BCUT2D eigenvalue weighted by Gasteiger charge is -2.17. The summed E-state index contributed by atoms with van der Waals surface area (Å²) in [5, 5.41) is 6.30. The highest BCUT2D eigenvalue weighted by atomic mass is 32.1. The topological polar surface area (TPSA) is 46.9 Å². The van der Waals surface area contributed by atoms with E-state index in [1.807, 2.05) is 47.3 Å². The number of pyridine rings is 1. The highest BCUT2D eigenvalue weighted by molar-refractivity contribution is 7.21. The Labute approximate surface area is 160 Å². The van der Waals surface area contributed by atoms with E-state index in [4.69, 9.17) is 0 Å². The zero-order valence-corrected chi connectivity index (χ0v) is 16.0. The first-order chi connectivity index (χ1) is 12.8. The number of carbonyl (C=O) groups excluding carboxylic acids is 1. The lowest BCUT2D eigenvalue weighted by molar-refractivity contribution is 0.0939. The van der Waals surface area contributed by atoms with Gasteiger partial charge in [-0.3, -0.25) is 4.79 Å². The Hall–Kier alpha value is -2.44. The summed E-state index contributed by atoms with van der Waals surface area (Å²) in [6.45, 7) is 2.14. The zero-order chi connectivity index (χ0) is 17.9. The number of carbonyl (C=O) groups is 1. The average molecular weight is 382 g/mol.